The summed E-state index contributed by atoms with van der Waals surface area (Å²) < 4.78 is 37.0. The highest BCUT2D eigenvalue weighted by molar-refractivity contribution is 5.92. The summed E-state index contributed by atoms with van der Waals surface area (Å²) in [6, 6.07) is 2.36. The van der Waals surface area contributed by atoms with E-state index in [1.54, 1.807) is 0 Å². The summed E-state index contributed by atoms with van der Waals surface area (Å²) in [6.07, 6.45) is -0.719. The van der Waals surface area contributed by atoms with Crippen molar-refractivity contribution in [2.45, 2.75) is 31.5 Å². The Bertz CT molecular complexity index is 453. The van der Waals surface area contributed by atoms with Gasteiger partial charge in [-0.15, -0.1) is 0 Å². The fraction of sp³-hybridized carbons (Fsp3) is 0.538. The molecule has 4 nitrogen and oxygen atoms in total. The number of amides is 1. The Labute approximate surface area is 114 Å². The third kappa shape index (κ3) is 3.93. The Morgan fingerprint density at radius 1 is 1.45 bits per heavy atom. The molecular formula is C13H16F3N3O. The number of hydrogen-bond donors (Lipinski definition) is 2. The van der Waals surface area contributed by atoms with E-state index in [0.29, 0.717) is 18.8 Å². The molecule has 20 heavy (non-hydrogen) atoms. The molecule has 1 aliphatic rings. The van der Waals surface area contributed by atoms with Crippen molar-refractivity contribution in [2.24, 2.45) is 0 Å². The number of nitrogens with one attached hydrogen (secondary N) is 2. The molecule has 1 fully saturated rings. The van der Waals surface area contributed by atoms with Gasteiger partial charge in [0.25, 0.3) is 5.91 Å². The van der Waals surface area contributed by atoms with Gasteiger partial charge in [0, 0.05) is 18.8 Å². The maximum atomic E-state index is 12.3. The minimum atomic E-state index is -4.43. The first-order valence-corrected chi connectivity index (χ1v) is 6.51. The number of hydrogen-bond acceptors (Lipinski definition) is 3. The van der Waals surface area contributed by atoms with Crippen molar-refractivity contribution in [3.8, 4) is 0 Å². The van der Waals surface area contributed by atoms with E-state index in [1.807, 2.05) is 0 Å². The molecule has 2 N–H and O–H groups in total. The van der Waals surface area contributed by atoms with Crippen LogP contribution in [0, 0.1) is 0 Å². The third-order valence-electron chi connectivity index (χ3n) is 3.26. The Morgan fingerprint density at radius 3 is 2.80 bits per heavy atom. The minimum Gasteiger partial charge on any atom is -0.351 e. The fourth-order valence-electron chi connectivity index (χ4n) is 2.15. The van der Waals surface area contributed by atoms with Gasteiger partial charge in [-0.05, 0) is 37.9 Å². The monoisotopic (exact) mass is 287 g/mol. The van der Waals surface area contributed by atoms with Gasteiger partial charge in [0.15, 0.2) is 0 Å². The maximum absolute atomic E-state index is 12.3. The van der Waals surface area contributed by atoms with Crippen molar-refractivity contribution >= 4 is 5.91 Å². The first kappa shape index (κ1) is 14.8. The van der Waals surface area contributed by atoms with Crippen LogP contribution in [0.15, 0.2) is 18.3 Å². The fourth-order valence-corrected chi connectivity index (χ4v) is 2.15. The van der Waals surface area contributed by atoms with Gasteiger partial charge in [0.1, 0.15) is 5.69 Å². The number of alkyl halides is 3. The predicted molar refractivity (Wildman–Crippen MR) is 67.2 cm³/mol. The summed E-state index contributed by atoms with van der Waals surface area (Å²) in [5.41, 5.74) is -0.860. The van der Waals surface area contributed by atoms with E-state index in [9.17, 15) is 18.0 Å². The highest BCUT2D eigenvalue weighted by Crippen LogP contribution is 2.28. The van der Waals surface area contributed by atoms with Gasteiger partial charge in [-0.2, -0.15) is 13.2 Å². The van der Waals surface area contributed by atoms with Gasteiger partial charge < -0.3 is 10.6 Å². The van der Waals surface area contributed by atoms with Gasteiger partial charge in [-0.25, -0.2) is 0 Å². The van der Waals surface area contributed by atoms with Gasteiger partial charge in [-0.1, -0.05) is 0 Å². The molecule has 1 aromatic heterocycles. The quantitative estimate of drug-likeness (QED) is 0.890. The van der Waals surface area contributed by atoms with Crippen LogP contribution < -0.4 is 10.6 Å². The van der Waals surface area contributed by atoms with Crippen LogP contribution in [0.2, 0.25) is 0 Å². The lowest BCUT2D eigenvalue weighted by Gasteiger charge is -2.11. The average molecular weight is 287 g/mol. The maximum Gasteiger partial charge on any atom is 0.417 e. The van der Waals surface area contributed by atoms with Crippen LogP contribution >= 0.6 is 0 Å². The molecule has 2 heterocycles. The zero-order valence-corrected chi connectivity index (χ0v) is 10.8. The Kier molecular flexibility index (Phi) is 4.59. The second kappa shape index (κ2) is 6.21. The Morgan fingerprint density at radius 2 is 2.25 bits per heavy atom. The van der Waals surface area contributed by atoms with Crippen LogP contribution in [-0.4, -0.2) is 30.0 Å². The highest BCUT2D eigenvalue weighted by atomic mass is 19.4. The molecule has 7 heteroatoms. The summed E-state index contributed by atoms with van der Waals surface area (Å²) >= 11 is 0. The van der Waals surface area contributed by atoms with Crippen LogP contribution in [0.25, 0.3) is 0 Å². The van der Waals surface area contributed by atoms with Crippen LogP contribution in [0.5, 0.6) is 0 Å². The van der Waals surface area contributed by atoms with E-state index >= 15 is 0 Å². The standard InChI is InChI=1S/C13H16F3N3O/c14-13(15,16)9-3-4-11(19-8-9)12(20)18-7-5-10-2-1-6-17-10/h3-4,8,10,17H,1-2,5-7H2,(H,18,20). The van der Waals surface area contributed by atoms with Crippen LogP contribution in [-0.2, 0) is 6.18 Å². The molecule has 0 saturated carbocycles. The summed E-state index contributed by atoms with van der Waals surface area (Å²) in [6.45, 7) is 1.48. The van der Waals surface area contributed by atoms with E-state index in [0.717, 1.165) is 37.9 Å². The normalized spacial score (nSPS) is 19.1. The summed E-state index contributed by atoms with van der Waals surface area (Å²) in [4.78, 5) is 15.3. The van der Waals surface area contributed by atoms with Crippen molar-refractivity contribution in [3.63, 3.8) is 0 Å². The van der Waals surface area contributed by atoms with Gasteiger partial charge in [0.05, 0.1) is 5.56 Å². The molecule has 1 amide bonds. The zero-order chi connectivity index (χ0) is 14.6. The average Bonchev–Trinajstić information content (AvgIpc) is 2.91. The molecule has 110 valence electrons. The molecule has 1 saturated heterocycles. The van der Waals surface area contributed by atoms with Crippen molar-refractivity contribution in [3.05, 3.63) is 29.6 Å². The topological polar surface area (TPSA) is 54.0 Å². The molecule has 0 radical (unpaired) electrons. The minimum absolute atomic E-state index is 0.00242. The second-order valence-electron chi connectivity index (χ2n) is 4.77. The van der Waals surface area contributed by atoms with Crippen molar-refractivity contribution in [1.29, 1.82) is 0 Å². The number of nitrogens with zero attached hydrogens (tertiary/aromatic N) is 1. The molecule has 1 aliphatic heterocycles. The molecule has 2 rings (SSSR count). The first-order valence-electron chi connectivity index (χ1n) is 6.51. The van der Waals surface area contributed by atoms with Gasteiger partial charge in [0.2, 0.25) is 0 Å². The first-order chi connectivity index (χ1) is 9.47. The number of rotatable bonds is 4. The van der Waals surface area contributed by atoms with E-state index in [2.05, 4.69) is 15.6 Å². The number of pyridine rings is 1. The predicted octanol–water partition coefficient (Wildman–Crippen LogP) is 1.97. The van der Waals surface area contributed by atoms with E-state index in [1.165, 1.54) is 0 Å². The number of aromatic nitrogens is 1. The van der Waals surface area contributed by atoms with Crippen molar-refractivity contribution in [1.82, 2.24) is 15.6 Å². The van der Waals surface area contributed by atoms with Crippen LogP contribution in [0.4, 0.5) is 13.2 Å². The molecule has 0 bridgehead atoms. The molecule has 0 aliphatic carbocycles. The highest BCUT2D eigenvalue weighted by Gasteiger charge is 2.30. The van der Waals surface area contributed by atoms with Crippen molar-refractivity contribution in [2.75, 3.05) is 13.1 Å². The van der Waals surface area contributed by atoms with Gasteiger partial charge in [-0.3, -0.25) is 9.78 Å². The summed E-state index contributed by atoms with van der Waals surface area (Å²) in [5, 5.41) is 5.96. The molecule has 0 aromatic carbocycles. The SMILES string of the molecule is O=C(NCCC1CCCN1)c1ccc(C(F)(F)F)cn1. The lowest BCUT2D eigenvalue weighted by molar-refractivity contribution is -0.137. The summed E-state index contributed by atoms with van der Waals surface area (Å²) in [5.74, 6) is -0.447. The van der Waals surface area contributed by atoms with Crippen LogP contribution in [0.3, 0.4) is 0 Å². The lowest BCUT2D eigenvalue weighted by atomic mass is 10.1. The number of halogens is 3. The molecular weight excluding hydrogens is 271 g/mol. The molecule has 1 atom stereocenters. The molecule has 1 aromatic rings. The van der Waals surface area contributed by atoms with E-state index < -0.39 is 17.6 Å². The van der Waals surface area contributed by atoms with Gasteiger partial charge >= 0.3 is 6.18 Å². The van der Waals surface area contributed by atoms with E-state index in [-0.39, 0.29) is 5.69 Å². The second-order valence-corrected chi connectivity index (χ2v) is 4.77. The number of carbonyl (C=O) groups excluding carboxylic acids is 1. The molecule has 0 spiro atoms. The zero-order valence-electron chi connectivity index (χ0n) is 10.8. The smallest absolute Gasteiger partial charge is 0.351 e. The van der Waals surface area contributed by atoms with E-state index in [4.69, 9.17) is 0 Å². The Hall–Kier alpha value is -1.63. The third-order valence-corrected chi connectivity index (χ3v) is 3.26. The Balaban J connectivity index is 1.82. The molecule has 1 unspecified atom stereocenters. The largest absolute Gasteiger partial charge is 0.417 e. The van der Waals surface area contributed by atoms with Crippen LogP contribution in [0.1, 0.15) is 35.3 Å². The lowest BCUT2D eigenvalue weighted by Crippen LogP contribution is -2.31. The van der Waals surface area contributed by atoms with Crippen molar-refractivity contribution < 1.29 is 18.0 Å². The number of carbonyl (C=O) groups is 1. The summed E-state index contributed by atoms with van der Waals surface area (Å²) in [7, 11) is 0.